The number of hydrogen-bond acceptors (Lipinski definition) is 2. The van der Waals surface area contributed by atoms with Crippen LogP contribution in [-0.4, -0.2) is 17.6 Å². The molecule has 0 aliphatic carbocycles. The van der Waals surface area contributed by atoms with Gasteiger partial charge in [0.2, 0.25) is 0 Å². The molecule has 0 bridgehead atoms. The highest BCUT2D eigenvalue weighted by Gasteiger charge is 2.12. The van der Waals surface area contributed by atoms with Gasteiger partial charge in [-0.05, 0) is 32.0 Å². The standard InChI is InChI=1S/C13H14BrNO2/c1-8(2)15-5-4-10-11(14)6-9(7-12(10)15)13(16)17-3/h4-8H,1-3H3. The largest absolute Gasteiger partial charge is 0.465 e. The topological polar surface area (TPSA) is 31.2 Å². The van der Waals surface area contributed by atoms with Crippen LogP contribution in [0.5, 0.6) is 0 Å². The molecule has 0 radical (unpaired) electrons. The van der Waals surface area contributed by atoms with Gasteiger partial charge < -0.3 is 9.30 Å². The second-order valence-corrected chi connectivity index (χ2v) is 5.05. The molecular formula is C13H14BrNO2. The van der Waals surface area contributed by atoms with E-state index in [2.05, 4.69) is 34.3 Å². The summed E-state index contributed by atoms with van der Waals surface area (Å²) >= 11 is 3.49. The molecule has 4 heteroatoms. The SMILES string of the molecule is COC(=O)c1cc(Br)c2ccn(C(C)C)c2c1. The number of hydrogen-bond donors (Lipinski definition) is 0. The van der Waals surface area contributed by atoms with Gasteiger partial charge in [0, 0.05) is 22.1 Å². The van der Waals surface area contributed by atoms with Gasteiger partial charge in [-0.1, -0.05) is 15.9 Å². The molecule has 1 heterocycles. The van der Waals surface area contributed by atoms with Crippen LogP contribution in [-0.2, 0) is 4.74 Å². The van der Waals surface area contributed by atoms with E-state index in [-0.39, 0.29) is 5.97 Å². The summed E-state index contributed by atoms with van der Waals surface area (Å²) in [5, 5.41) is 1.10. The van der Waals surface area contributed by atoms with Crippen molar-refractivity contribution in [1.29, 1.82) is 0 Å². The molecule has 0 aliphatic rings. The van der Waals surface area contributed by atoms with Gasteiger partial charge in [0.1, 0.15) is 0 Å². The number of benzene rings is 1. The highest BCUT2D eigenvalue weighted by molar-refractivity contribution is 9.10. The average Bonchev–Trinajstić information content (AvgIpc) is 2.72. The van der Waals surface area contributed by atoms with Gasteiger partial charge in [-0.3, -0.25) is 0 Å². The highest BCUT2D eigenvalue weighted by Crippen LogP contribution is 2.29. The van der Waals surface area contributed by atoms with Crippen molar-refractivity contribution >= 4 is 32.8 Å². The lowest BCUT2D eigenvalue weighted by atomic mass is 10.1. The van der Waals surface area contributed by atoms with E-state index in [1.54, 1.807) is 6.07 Å². The van der Waals surface area contributed by atoms with Crippen LogP contribution in [0.25, 0.3) is 10.9 Å². The Morgan fingerprint density at radius 1 is 1.41 bits per heavy atom. The van der Waals surface area contributed by atoms with E-state index in [9.17, 15) is 4.79 Å². The normalized spacial score (nSPS) is 11.1. The molecular weight excluding hydrogens is 282 g/mol. The first-order chi connectivity index (χ1) is 8.04. The number of esters is 1. The summed E-state index contributed by atoms with van der Waals surface area (Å²) in [5.41, 5.74) is 1.60. The van der Waals surface area contributed by atoms with Crippen LogP contribution in [0.15, 0.2) is 28.9 Å². The van der Waals surface area contributed by atoms with Crippen LogP contribution >= 0.6 is 15.9 Å². The zero-order valence-corrected chi connectivity index (χ0v) is 11.6. The Labute approximate surface area is 108 Å². The van der Waals surface area contributed by atoms with E-state index in [0.29, 0.717) is 11.6 Å². The van der Waals surface area contributed by atoms with Crippen LogP contribution in [0.2, 0.25) is 0 Å². The Balaban J connectivity index is 2.69. The number of fused-ring (bicyclic) bond motifs is 1. The summed E-state index contributed by atoms with van der Waals surface area (Å²) in [6.45, 7) is 4.22. The van der Waals surface area contributed by atoms with Crippen LogP contribution in [0.3, 0.4) is 0 Å². The minimum absolute atomic E-state index is 0.316. The average molecular weight is 296 g/mol. The Morgan fingerprint density at radius 2 is 2.12 bits per heavy atom. The van der Waals surface area contributed by atoms with Crippen LogP contribution in [0.1, 0.15) is 30.2 Å². The lowest BCUT2D eigenvalue weighted by Crippen LogP contribution is -2.03. The number of ether oxygens (including phenoxy) is 1. The first-order valence-corrected chi connectivity index (χ1v) is 6.22. The van der Waals surface area contributed by atoms with Crippen molar-refractivity contribution in [2.75, 3.05) is 7.11 Å². The number of aromatic nitrogens is 1. The van der Waals surface area contributed by atoms with Gasteiger partial charge in [-0.15, -0.1) is 0 Å². The first-order valence-electron chi connectivity index (χ1n) is 5.43. The summed E-state index contributed by atoms with van der Waals surface area (Å²) in [6.07, 6.45) is 2.03. The summed E-state index contributed by atoms with van der Waals surface area (Å²) in [7, 11) is 1.39. The molecule has 0 atom stereocenters. The number of halogens is 1. The minimum Gasteiger partial charge on any atom is -0.465 e. The van der Waals surface area contributed by atoms with Crippen molar-refractivity contribution in [2.24, 2.45) is 0 Å². The molecule has 0 fully saturated rings. The van der Waals surface area contributed by atoms with Gasteiger partial charge in [-0.25, -0.2) is 4.79 Å². The van der Waals surface area contributed by atoms with E-state index in [4.69, 9.17) is 4.74 Å². The van der Waals surface area contributed by atoms with E-state index in [1.807, 2.05) is 18.3 Å². The van der Waals surface area contributed by atoms with Gasteiger partial charge >= 0.3 is 5.97 Å². The zero-order chi connectivity index (χ0) is 12.6. The maximum atomic E-state index is 11.6. The third kappa shape index (κ3) is 2.09. The van der Waals surface area contributed by atoms with Crippen molar-refractivity contribution in [1.82, 2.24) is 4.57 Å². The van der Waals surface area contributed by atoms with E-state index in [1.165, 1.54) is 7.11 Å². The second-order valence-electron chi connectivity index (χ2n) is 4.20. The lowest BCUT2D eigenvalue weighted by Gasteiger charge is -2.10. The van der Waals surface area contributed by atoms with Crippen LogP contribution < -0.4 is 0 Å². The van der Waals surface area contributed by atoms with Crippen LogP contribution in [0.4, 0.5) is 0 Å². The van der Waals surface area contributed by atoms with Gasteiger partial charge in [0.05, 0.1) is 18.2 Å². The predicted octanol–water partition coefficient (Wildman–Crippen LogP) is 3.77. The molecule has 90 valence electrons. The van der Waals surface area contributed by atoms with Gasteiger partial charge in [-0.2, -0.15) is 0 Å². The Hall–Kier alpha value is -1.29. The van der Waals surface area contributed by atoms with Gasteiger partial charge in [0.25, 0.3) is 0 Å². The first kappa shape index (κ1) is 12.2. The van der Waals surface area contributed by atoms with E-state index < -0.39 is 0 Å². The van der Waals surface area contributed by atoms with Crippen LogP contribution in [0, 0.1) is 0 Å². The minimum atomic E-state index is -0.316. The Morgan fingerprint density at radius 3 is 2.71 bits per heavy atom. The van der Waals surface area contributed by atoms with Gasteiger partial charge in [0.15, 0.2) is 0 Å². The fraction of sp³-hybridized carbons (Fsp3) is 0.308. The molecule has 1 aromatic heterocycles. The molecule has 0 aliphatic heterocycles. The van der Waals surface area contributed by atoms with Crippen molar-refractivity contribution in [3.05, 3.63) is 34.4 Å². The Bertz CT molecular complexity index is 572. The monoisotopic (exact) mass is 295 g/mol. The zero-order valence-electron chi connectivity index (χ0n) is 10.0. The Kier molecular flexibility index (Phi) is 3.24. The maximum Gasteiger partial charge on any atom is 0.337 e. The summed E-state index contributed by atoms with van der Waals surface area (Å²) in [4.78, 5) is 11.6. The quantitative estimate of drug-likeness (QED) is 0.790. The van der Waals surface area contributed by atoms with Crippen molar-refractivity contribution in [2.45, 2.75) is 19.9 Å². The molecule has 0 amide bonds. The van der Waals surface area contributed by atoms with Crippen molar-refractivity contribution < 1.29 is 9.53 Å². The number of rotatable bonds is 2. The maximum absolute atomic E-state index is 11.6. The van der Waals surface area contributed by atoms with E-state index >= 15 is 0 Å². The number of carbonyl (C=O) groups is 1. The molecule has 17 heavy (non-hydrogen) atoms. The third-order valence-corrected chi connectivity index (χ3v) is 3.42. The van der Waals surface area contributed by atoms with Crippen molar-refractivity contribution in [3.63, 3.8) is 0 Å². The molecule has 0 saturated heterocycles. The molecule has 0 unspecified atom stereocenters. The molecule has 3 nitrogen and oxygen atoms in total. The molecule has 2 rings (SSSR count). The molecule has 2 aromatic rings. The summed E-state index contributed by atoms with van der Waals surface area (Å²) in [6, 6.07) is 6.05. The predicted molar refractivity (Wildman–Crippen MR) is 71.4 cm³/mol. The number of nitrogens with zero attached hydrogens (tertiary/aromatic N) is 1. The fourth-order valence-corrected chi connectivity index (χ4v) is 2.49. The summed E-state index contributed by atoms with van der Waals surface area (Å²) in [5.74, 6) is -0.316. The smallest absolute Gasteiger partial charge is 0.337 e. The van der Waals surface area contributed by atoms with Crippen molar-refractivity contribution in [3.8, 4) is 0 Å². The van der Waals surface area contributed by atoms with E-state index in [0.717, 1.165) is 15.4 Å². The third-order valence-electron chi connectivity index (χ3n) is 2.77. The second kappa shape index (κ2) is 4.53. The molecule has 0 spiro atoms. The number of carbonyl (C=O) groups excluding carboxylic acids is 1. The molecule has 0 saturated carbocycles. The fourth-order valence-electron chi connectivity index (χ4n) is 1.90. The highest BCUT2D eigenvalue weighted by atomic mass is 79.9. The number of methoxy groups -OCH3 is 1. The lowest BCUT2D eigenvalue weighted by molar-refractivity contribution is 0.0601. The molecule has 0 N–H and O–H groups in total. The summed E-state index contributed by atoms with van der Waals surface area (Å²) < 4.78 is 7.79. The molecule has 1 aromatic carbocycles.